The fourth-order valence-electron chi connectivity index (χ4n) is 1.48. The molecule has 1 N–H and O–H groups in total. The quantitative estimate of drug-likeness (QED) is 0.873. The first kappa shape index (κ1) is 15.3. The molecule has 2 rings (SSSR count). The average molecular weight is 327 g/mol. The average Bonchev–Trinajstić information content (AvgIpc) is 2.46. The van der Waals surface area contributed by atoms with Gasteiger partial charge in [-0.05, 0) is 17.7 Å². The van der Waals surface area contributed by atoms with Crippen LogP contribution in [0.3, 0.4) is 0 Å². The standard InChI is InChI=1S/C13H11ClN2O4S/c14-21(18,19)12-7-6-11(8-15-12)16-13(17)20-9-10-4-2-1-3-5-10/h1-8H,9H2,(H,16,17). The molecule has 0 aliphatic heterocycles. The van der Waals surface area contributed by atoms with Crippen LogP contribution in [0.25, 0.3) is 0 Å². The van der Waals surface area contributed by atoms with E-state index in [1.54, 1.807) is 0 Å². The lowest BCUT2D eigenvalue weighted by molar-refractivity contribution is 0.155. The molecule has 0 fully saturated rings. The summed E-state index contributed by atoms with van der Waals surface area (Å²) in [6.45, 7) is 0.133. The number of pyridine rings is 1. The maximum atomic E-state index is 11.6. The van der Waals surface area contributed by atoms with Crippen LogP contribution in [0.1, 0.15) is 5.56 Å². The molecule has 0 saturated carbocycles. The van der Waals surface area contributed by atoms with E-state index in [1.807, 2.05) is 30.3 Å². The second-order valence-corrected chi connectivity index (χ2v) is 6.52. The van der Waals surface area contributed by atoms with Crippen molar-refractivity contribution in [3.63, 3.8) is 0 Å². The third-order valence-electron chi connectivity index (χ3n) is 2.45. The molecule has 0 radical (unpaired) electrons. The molecule has 0 saturated heterocycles. The fraction of sp³-hybridized carbons (Fsp3) is 0.0769. The number of nitrogens with zero attached hydrogens (tertiary/aromatic N) is 1. The first-order valence-electron chi connectivity index (χ1n) is 5.83. The van der Waals surface area contributed by atoms with Crippen molar-refractivity contribution in [2.75, 3.05) is 5.32 Å². The Morgan fingerprint density at radius 2 is 1.90 bits per heavy atom. The summed E-state index contributed by atoms with van der Waals surface area (Å²) < 4.78 is 27.0. The number of nitrogens with one attached hydrogen (secondary N) is 1. The van der Waals surface area contributed by atoms with Gasteiger partial charge in [-0.15, -0.1) is 0 Å². The van der Waals surface area contributed by atoms with E-state index in [0.29, 0.717) is 5.69 Å². The minimum absolute atomic E-state index is 0.133. The number of amides is 1. The molecular formula is C13H11ClN2O4S. The number of halogens is 1. The van der Waals surface area contributed by atoms with Gasteiger partial charge in [-0.2, -0.15) is 0 Å². The van der Waals surface area contributed by atoms with Gasteiger partial charge in [0, 0.05) is 10.7 Å². The summed E-state index contributed by atoms with van der Waals surface area (Å²) >= 11 is 0. The second kappa shape index (κ2) is 6.55. The lowest BCUT2D eigenvalue weighted by Crippen LogP contribution is -2.13. The molecule has 1 heterocycles. The molecular weight excluding hydrogens is 316 g/mol. The van der Waals surface area contributed by atoms with Crippen molar-refractivity contribution in [3.8, 4) is 0 Å². The van der Waals surface area contributed by atoms with E-state index in [1.165, 1.54) is 18.3 Å². The number of carbonyl (C=O) groups is 1. The smallest absolute Gasteiger partial charge is 0.412 e. The van der Waals surface area contributed by atoms with Crippen molar-refractivity contribution in [1.82, 2.24) is 4.98 Å². The molecule has 21 heavy (non-hydrogen) atoms. The number of ether oxygens (including phenoxy) is 1. The van der Waals surface area contributed by atoms with Gasteiger partial charge in [0.15, 0.2) is 5.03 Å². The van der Waals surface area contributed by atoms with Crippen LogP contribution in [-0.4, -0.2) is 19.5 Å². The number of hydrogen-bond donors (Lipinski definition) is 1. The van der Waals surface area contributed by atoms with Crippen LogP contribution >= 0.6 is 10.7 Å². The van der Waals surface area contributed by atoms with Gasteiger partial charge in [0.05, 0.1) is 11.9 Å². The Balaban J connectivity index is 1.91. The van der Waals surface area contributed by atoms with E-state index in [9.17, 15) is 13.2 Å². The highest BCUT2D eigenvalue weighted by atomic mass is 35.7. The van der Waals surface area contributed by atoms with E-state index in [4.69, 9.17) is 15.4 Å². The Morgan fingerprint density at radius 3 is 2.48 bits per heavy atom. The molecule has 2 aromatic rings. The number of anilines is 1. The molecule has 0 aliphatic rings. The topological polar surface area (TPSA) is 85.4 Å². The van der Waals surface area contributed by atoms with Crippen molar-refractivity contribution in [2.24, 2.45) is 0 Å². The number of carbonyl (C=O) groups excluding carboxylic acids is 1. The highest BCUT2D eigenvalue weighted by Gasteiger charge is 2.11. The molecule has 1 amide bonds. The summed E-state index contributed by atoms with van der Waals surface area (Å²) in [7, 11) is 1.25. The van der Waals surface area contributed by atoms with E-state index in [2.05, 4.69) is 10.3 Å². The van der Waals surface area contributed by atoms with Gasteiger partial charge in [-0.1, -0.05) is 30.3 Å². The summed E-state index contributed by atoms with van der Waals surface area (Å²) in [4.78, 5) is 15.2. The minimum atomic E-state index is -3.88. The molecule has 0 unspecified atom stereocenters. The van der Waals surface area contributed by atoms with Crippen LogP contribution in [0.15, 0.2) is 53.7 Å². The zero-order valence-electron chi connectivity index (χ0n) is 10.7. The summed E-state index contributed by atoms with van der Waals surface area (Å²) in [5, 5.41) is 2.14. The first-order valence-corrected chi connectivity index (χ1v) is 8.14. The van der Waals surface area contributed by atoms with E-state index >= 15 is 0 Å². The van der Waals surface area contributed by atoms with Crippen molar-refractivity contribution in [1.29, 1.82) is 0 Å². The van der Waals surface area contributed by atoms with Gasteiger partial charge >= 0.3 is 6.09 Å². The normalized spacial score (nSPS) is 10.9. The van der Waals surface area contributed by atoms with Crippen LogP contribution < -0.4 is 5.32 Å². The zero-order chi connectivity index (χ0) is 15.3. The highest BCUT2D eigenvalue weighted by Crippen LogP contribution is 2.14. The van der Waals surface area contributed by atoms with E-state index < -0.39 is 15.1 Å². The lowest BCUT2D eigenvalue weighted by Gasteiger charge is -2.07. The maximum absolute atomic E-state index is 11.6. The van der Waals surface area contributed by atoms with Gasteiger partial charge in [-0.3, -0.25) is 5.32 Å². The Kier molecular flexibility index (Phi) is 4.77. The third-order valence-corrected chi connectivity index (χ3v) is 3.66. The van der Waals surface area contributed by atoms with Crippen molar-refractivity contribution < 1.29 is 17.9 Å². The van der Waals surface area contributed by atoms with Gasteiger partial charge < -0.3 is 4.74 Å². The Labute approximate surface area is 126 Å². The molecule has 6 nitrogen and oxygen atoms in total. The number of hydrogen-bond acceptors (Lipinski definition) is 5. The summed E-state index contributed by atoms with van der Waals surface area (Å²) in [5.41, 5.74) is 1.16. The summed E-state index contributed by atoms with van der Waals surface area (Å²) in [6.07, 6.45) is 0.515. The Bertz CT molecular complexity index is 718. The van der Waals surface area contributed by atoms with Gasteiger partial charge in [0.1, 0.15) is 6.61 Å². The molecule has 110 valence electrons. The monoisotopic (exact) mass is 326 g/mol. The Hall–Kier alpha value is -2.12. The van der Waals surface area contributed by atoms with Crippen LogP contribution in [0, 0.1) is 0 Å². The fourth-order valence-corrected chi connectivity index (χ4v) is 2.16. The predicted molar refractivity (Wildman–Crippen MR) is 77.5 cm³/mol. The summed E-state index contributed by atoms with van der Waals surface area (Å²) in [5.74, 6) is 0. The van der Waals surface area contributed by atoms with Crippen LogP contribution in [0.4, 0.5) is 10.5 Å². The molecule has 0 spiro atoms. The number of aromatic nitrogens is 1. The van der Waals surface area contributed by atoms with Crippen molar-refractivity contribution >= 4 is 31.5 Å². The highest BCUT2D eigenvalue weighted by molar-refractivity contribution is 8.13. The second-order valence-electron chi connectivity index (χ2n) is 4.01. The molecule has 0 atom stereocenters. The largest absolute Gasteiger partial charge is 0.444 e. The van der Waals surface area contributed by atoms with E-state index in [0.717, 1.165) is 5.56 Å². The molecule has 1 aromatic carbocycles. The first-order chi connectivity index (χ1) is 9.95. The van der Waals surface area contributed by atoms with Crippen LogP contribution in [0.5, 0.6) is 0 Å². The van der Waals surface area contributed by atoms with Crippen LogP contribution in [0.2, 0.25) is 0 Å². The lowest BCUT2D eigenvalue weighted by atomic mass is 10.2. The van der Waals surface area contributed by atoms with Gasteiger partial charge in [0.25, 0.3) is 9.05 Å². The molecule has 0 aliphatic carbocycles. The molecule has 1 aromatic heterocycles. The zero-order valence-corrected chi connectivity index (χ0v) is 12.3. The van der Waals surface area contributed by atoms with Gasteiger partial charge in [-0.25, -0.2) is 18.2 Å². The maximum Gasteiger partial charge on any atom is 0.412 e. The minimum Gasteiger partial charge on any atom is -0.444 e. The molecule has 0 bridgehead atoms. The number of benzene rings is 1. The van der Waals surface area contributed by atoms with Gasteiger partial charge in [0.2, 0.25) is 0 Å². The number of rotatable bonds is 4. The predicted octanol–water partition coefficient (Wildman–Crippen LogP) is 2.76. The molecule has 8 heteroatoms. The van der Waals surface area contributed by atoms with Crippen molar-refractivity contribution in [3.05, 3.63) is 54.2 Å². The Morgan fingerprint density at radius 1 is 1.19 bits per heavy atom. The van der Waals surface area contributed by atoms with Crippen molar-refractivity contribution in [2.45, 2.75) is 11.6 Å². The SMILES string of the molecule is O=C(Nc1ccc(S(=O)(=O)Cl)nc1)OCc1ccccc1. The third kappa shape index (κ3) is 4.73. The van der Waals surface area contributed by atoms with E-state index in [-0.39, 0.29) is 11.6 Å². The summed E-state index contributed by atoms with van der Waals surface area (Å²) in [6, 6.07) is 11.8. The van der Waals surface area contributed by atoms with Crippen LogP contribution in [-0.2, 0) is 20.4 Å².